The number of rotatable bonds is 4. The fraction of sp³-hybridized carbons (Fsp3) is 0.300. The molecule has 14 heavy (non-hydrogen) atoms. The van der Waals surface area contributed by atoms with Crippen molar-refractivity contribution >= 4 is 5.97 Å². The number of nitrogens with one attached hydrogen (secondary N) is 1. The first kappa shape index (κ1) is 10.4. The van der Waals surface area contributed by atoms with Crippen molar-refractivity contribution in [1.29, 1.82) is 0 Å². The van der Waals surface area contributed by atoms with Gasteiger partial charge in [0.2, 0.25) is 0 Å². The molecule has 0 atom stereocenters. The van der Waals surface area contributed by atoms with Crippen LogP contribution >= 0.6 is 0 Å². The third kappa shape index (κ3) is 2.64. The standard InChI is InChI=1S/C10H11NO3/c1-2-3-5-11-7-9-8(10(12)13)4-6-14-9/h4,6,11H,5,7H2,1H3,(H,12,13). The van der Waals surface area contributed by atoms with Crippen LogP contribution in [0.1, 0.15) is 23.0 Å². The van der Waals surface area contributed by atoms with E-state index in [4.69, 9.17) is 9.52 Å². The number of aromatic carboxylic acids is 1. The molecule has 0 aromatic carbocycles. The smallest absolute Gasteiger partial charge is 0.339 e. The maximum absolute atomic E-state index is 10.7. The van der Waals surface area contributed by atoms with Crippen LogP contribution in [0.3, 0.4) is 0 Å². The second-order valence-electron chi connectivity index (χ2n) is 2.59. The van der Waals surface area contributed by atoms with Gasteiger partial charge in [-0.05, 0) is 13.0 Å². The highest BCUT2D eigenvalue weighted by Crippen LogP contribution is 2.09. The average molecular weight is 193 g/mol. The highest BCUT2D eigenvalue weighted by atomic mass is 16.4. The Kier molecular flexibility index (Phi) is 3.77. The zero-order valence-electron chi connectivity index (χ0n) is 7.83. The third-order valence-electron chi connectivity index (χ3n) is 1.65. The molecule has 1 heterocycles. The molecule has 4 heteroatoms. The fourth-order valence-corrected chi connectivity index (χ4v) is 0.995. The zero-order valence-corrected chi connectivity index (χ0v) is 7.83. The Bertz CT molecular complexity index is 370. The molecule has 4 nitrogen and oxygen atoms in total. The molecular formula is C10H11NO3. The molecule has 74 valence electrons. The van der Waals surface area contributed by atoms with Crippen molar-refractivity contribution < 1.29 is 14.3 Å². The fourth-order valence-electron chi connectivity index (χ4n) is 0.995. The van der Waals surface area contributed by atoms with Crippen LogP contribution in [0.15, 0.2) is 16.7 Å². The second kappa shape index (κ2) is 5.10. The Morgan fingerprint density at radius 3 is 3.14 bits per heavy atom. The molecule has 0 amide bonds. The van der Waals surface area contributed by atoms with Gasteiger partial charge in [0.1, 0.15) is 11.3 Å². The van der Waals surface area contributed by atoms with E-state index in [1.807, 2.05) is 0 Å². The molecule has 0 spiro atoms. The van der Waals surface area contributed by atoms with E-state index in [-0.39, 0.29) is 5.56 Å². The Balaban J connectivity index is 2.52. The summed E-state index contributed by atoms with van der Waals surface area (Å²) in [5.41, 5.74) is 0.196. The molecule has 1 aromatic heterocycles. The molecule has 0 aliphatic heterocycles. The van der Waals surface area contributed by atoms with E-state index < -0.39 is 5.97 Å². The van der Waals surface area contributed by atoms with Gasteiger partial charge in [0.15, 0.2) is 0 Å². The van der Waals surface area contributed by atoms with Gasteiger partial charge in [0.25, 0.3) is 0 Å². The molecular weight excluding hydrogens is 182 g/mol. The molecule has 0 aliphatic rings. The van der Waals surface area contributed by atoms with Gasteiger partial charge in [-0.25, -0.2) is 4.79 Å². The van der Waals surface area contributed by atoms with Gasteiger partial charge in [-0.2, -0.15) is 0 Å². The molecule has 0 radical (unpaired) electrons. The minimum atomic E-state index is -0.975. The van der Waals surface area contributed by atoms with E-state index in [0.29, 0.717) is 18.8 Å². The van der Waals surface area contributed by atoms with E-state index in [1.54, 1.807) is 6.92 Å². The highest BCUT2D eigenvalue weighted by molar-refractivity contribution is 5.88. The summed E-state index contributed by atoms with van der Waals surface area (Å²) >= 11 is 0. The lowest BCUT2D eigenvalue weighted by molar-refractivity contribution is 0.0694. The van der Waals surface area contributed by atoms with Gasteiger partial charge in [-0.15, -0.1) is 5.92 Å². The van der Waals surface area contributed by atoms with E-state index in [0.717, 1.165) is 0 Å². The Labute approximate surface area is 81.9 Å². The van der Waals surface area contributed by atoms with Crippen LogP contribution < -0.4 is 5.32 Å². The summed E-state index contributed by atoms with van der Waals surface area (Å²) in [6, 6.07) is 1.44. The lowest BCUT2D eigenvalue weighted by Gasteiger charge is -1.98. The number of carboxylic acid groups (broad SMARTS) is 1. The number of hydrogen-bond acceptors (Lipinski definition) is 3. The molecule has 0 aliphatic carbocycles. The van der Waals surface area contributed by atoms with Gasteiger partial charge >= 0.3 is 5.97 Å². The van der Waals surface area contributed by atoms with Crippen molar-refractivity contribution in [3.05, 3.63) is 23.7 Å². The Hall–Kier alpha value is -1.73. The number of carboxylic acids is 1. The van der Waals surface area contributed by atoms with Crippen LogP contribution in [0.4, 0.5) is 0 Å². The molecule has 2 N–H and O–H groups in total. The maximum atomic E-state index is 10.7. The zero-order chi connectivity index (χ0) is 10.4. The summed E-state index contributed by atoms with van der Waals surface area (Å²) in [6.45, 7) is 2.65. The first-order valence-corrected chi connectivity index (χ1v) is 4.15. The Morgan fingerprint density at radius 1 is 1.71 bits per heavy atom. The number of furan rings is 1. The quantitative estimate of drug-likeness (QED) is 0.555. The van der Waals surface area contributed by atoms with Crippen LogP contribution in [0, 0.1) is 11.8 Å². The van der Waals surface area contributed by atoms with Crippen molar-refractivity contribution in [2.75, 3.05) is 6.54 Å². The summed E-state index contributed by atoms with van der Waals surface area (Å²) in [4.78, 5) is 10.7. The van der Waals surface area contributed by atoms with Crippen LogP contribution in [0.2, 0.25) is 0 Å². The Morgan fingerprint density at radius 2 is 2.50 bits per heavy atom. The molecule has 0 fully saturated rings. The van der Waals surface area contributed by atoms with Gasteiger partial charge < -0.3 is 9.52 Å². The van der Waals surface area contributed by atoms with E-state index in [2.05, 4.69) is 17.2 Å². The monoisotopic (exact) mass is 193 g/mol. The van der Waals surface area contributed by atoms with Gasteiger partial charge in [-0.1, -0.05) is 5.92 Å². The summed E-state index contributed by atoms with van der Waals surface area (Å²) in [5, 5.41) is 11.7. The van der Waals surface area contributed by atoms with E-state index in [9.17, 15) is 4.79 Å². The van der Waals surface area contributed by atoms with E-state index >= 15 is 0 Å². The van der Waals surface area contributed by atoms with Crippen molar-refractivity contribution in [3.8, 4) is 11.8 Å². The molecule has 0 saturated carbocycles. The molecule has 1 aromatic rings. The van der Waals surface area contributed by atoms with Crippen molar-refractivity contribution in [2.45, 2.75) is 13.5 Å². The normalized spacial score (nSPS) is 9.21. The van der Waals surface area contributed by atoms with Crippen LogP contribution in [-0.4, -0.2) is 17.6 Å². The minimum Gasteiger partial charge on any atom is -0.478 e. The largest absolute Gasteiger partial charge is 0.478 e. The lowest BCUT2D eigenvalue weighted by Crippen LogP contribution is -2.14. The molecule has 0 bridgehead atoms. The van der Waals surface area contributed by atoms with Gasteiger partial charge in [0.05, 0.1) is 19.4 Å². The predicted molar refractivity (Wildman–Crippen MR) is 50.8 cm³/mol. The molecule has 0 saturated heterocycles. The van der Waals surface area contributed by atoms with Crippen molar-refractivity contribution in [2.24, 2.45) is 0 Å². The van der Waals surface area contributed by atoms with E-state index in [1.165, 1.54) is 12.3 Å². The number of carbonyl (C=O) groups is 1. The summed E-state index contributed by atoms with van der Waals surface area (Å²) in [6.07, 6.45) is 1.37. The van der Waals surface area contributed by atoms with Crippen LogP contribution in [0.5, 0.6) is 0 Å². The van der Waals surface area contributed by atoms with Crippen LogP contribution in [0.25, 0.3) is 0 Å². The maximum Gasteiger partial charge on any atom is 0.339 e. The van der Waals surface area contributed by atoms with Crippen LogP contribution in [-0.2, 0) is 6.54 Å². The van der Waals surface area contributed by atoms with Crippen molar-refractivity contribution in [1.82, 2.24) is 5.32 Å². The molecule has 1 rings (SSSR count). The highest BCUT2D eigenvalue weighted by Gasteiger charge is 2.11. The third-order valence-corrected chi connectivity index (χ3v) is 1.65. The minimum absolute atomic E-state index is 0.196. The average Bonchev–Trinajstić information content (AvgIpc) is 2.60. The van der Waals surface area contributed by atoms with Crippen molar-refractivity contribution in [3.63, 3.8) is 0 Å². The molecule has 0 unspecified atom stereocenters. The lowest BCUT2D eigenvalue weighted by atomic mass is 10.2. The summed E-state index contributed by atoms with van der Waals surface area (Å²) in [7, 11) is 0. The van der Waals surface area contributed by atoms with Gasteiger partial charge in [0, 0.05) is 0 Å². The number of hydrogen-bond donors (Lipinski definition) is 2. The first-order chi connectivity index (χ1) is 6.75. The summed E-state index contributed by atoms with van der Waals surface area (Å²) in [5.74, 6) is 4.99. The predicted octanol–water partition coefficient (Wildman–Crippen LogP) is 1.09. The SMILES string of the molecule is CC#CCNCc1occc1C(=O)O. The van der Waals surface area contributed by atoms with Gasteiger partial charge in [-0.3, -0.25) is 5.32 Å². The first-order valence-electron chi connectivity index (χ1n) is 4.15. The summed E-state index contributed by atoms with van der Waals surface area (Å²) < 4.78 is 5.01. The topological polar surface area (TPSA) is 62.5 Å². The second-order valence-corrected chi connectivity index (χ2v) is 2.59.